The Morgan fingerprint density at radius 2 is 1.92 bits per heavy atom. The highest BCUT2D eigenvalue weighted by Crippen LogP contribution is 2.19. The van der Waals surface area contributed by atoms with Gasteiger partial charge in [-0.05, 0) is 24.3 Å². The van der Waals surface area contributed by atoms with E-state index in [2.05, 4.69) is 10.2 Å². The molecule has 0 aliphatic carbocycles. The summed E-state index contributed by atoms with van der Waals surface area (Å²) in [6, 6.07) is 7.23. The zero-order valence-corrected chi connectivity index (χ0v) is 15.0. The summed E-state index contributed by atoms with van der Waals surface area (Å²) in [5, 5.41) is 2.91. The van der Waals surface area contributed by atoms with Crippen molar-refractivity contribution in [2.45, 2.75) is 13.3 Å². The number of benzene rings is 1. The van der Waals surface area contributed by atoms with E-state index in [0.717, 1.165) is 44.3 Å². The maximum atomic E-state index is 12.0. The molecule has 138 valence electrons. The molecule has 1 aromatic carbocycles. The van der Waals surface area contributed by atoms with Crippen molar-refractivity contribution in [3.63, 3.8) is 0 Å². The number of nitrogens with zero attached hydrogens (tertiary/aromatic N) is 2. The van der Waals surface area contributed by atoms with Gasteiger partial charge in [-0.1, -0.05) is 0 Å². The number of methoxy groups -OCH3 is 1. The molecular formula is C18H27N3O4. The number of carbonyl (C=O) groups excluding carboxylic acids is 2. The first-order valence-corrected chi connectivity index (χ1v) is 8.59. The lowest BCUT2D eigenvalue weighted by molar-refractivity contribution is -0.121. The molecule has 0 spiro atoms. The van der Waals surface area contributed by atoms with Gasteiger partial charge in [-0.15, -0.1) is 0 Å². The van der Waals surface area contributed by atoms with Crippen molar-refractivity contribution in [1.82, 2.24) is 10.2 Å². The molecule has 2 amide bonds. The summed E-state index contributed by atoms with van der Waals surface area (Å²) in [6.45, 7) is 6.61. The second-order valence-electron chi connectivity index (χ2n) is 5.92. The Kier molecular flexibility index (Phi) is 7.69. The summed E-state index contributed by atoms with van der Waals surface area (Å²) >= 11 is 0. The fourth-order valence-corrected chi connectivity index (χ4v) is 2.71. The molecule has 0 unspecified atom stereocenters. The molecule has 1 aliphatic rings. The second kappa shape index (κ2) is 10.0. The first kappa shape index (κ1) is 19.2. The molecule has 7 heteroatoms. The van der Waals surface area contributed by atoms with Crippen molar-refractivity contribution in [3.8, 4) is 5.75 Å². The highest BCUT2D eigenvalue weighted by molar-refractivity contribution is 5.92. The van der Waals surface area contributed by atoms with Crippen molar-refractivity contribution < 1.29 is 19.1 Å². The molecule has 2 rings (SSSR count). The van der Waals surface area contributed by atoms with Crippen molar-refractivity contribution in [1.29, 1.82) is 0 Å². The van der Waals surface area contributed by atoms with E-state index in [1.807, 2.05) is 12.1 Å². The predicted molar refractivity (Wildman–Crippen MR) is 95.9 cm³/mol. The lowest BCUT2D eigenvalue weighted by atomic mass is 10.2. The van der Waals surface area contributed by atoms with Gasteiger partial charge in [0.1, 0.15) is 5.75 Å². The normalized spacial score (nSPS) is 14.8. The van der Waals surface area contributed by atoms with E-state index < -0.39 is 0 Å². The largest absolute Gasteiger partial charge is 0.497 e. The SMILES string of the molecule is COc1ccc(N(CCC(=O)NCCN2CCOCC2)C(C)=O)cc1. The number of rotatable bonds is 8. The predicted octanol–water partition coefficient (Wildman–Crippen LogP) is 0.887. The summed E-state index contributed by atoms with van der Waals surface area (Å²) in [5.74, 6) is 0.590. The van der Waals surface area contributed by atoms with Crippen LogP contribution in [-0.2, 0) is 14.3 Å². The van der Waals surface area contributed by atoms with Crippen LogP contribution in [0.15, 0.2) is 24.3 Å². The zero-order chi connectivity index (χ0) is 18.1. The van der Waals surface area contributed by atoms with E-state index in [-0.39, 0.29) is 18.2 Å². The highest BCUT2D eigenvalue weighted by atomic mass is 16.5. The number of ether oxygens (including phenoxy) is 2. The fraction of sp³-hybridized carbons (Fsp3) is 0.556. The molecule has 1 aliphatic heterocycles. The minimum absolute atomic E-state index is 0.0481. The number of anilines is 1. The molecule has 1 saturated heterocycles. The molecule has 1 fully saturated rings. The third-order valence-electron chi connectivity index (χ3n) is 4.18. The van der Waals surface area contributed by atoms with Crippen molar-refractivity contribution in [2.24, 2.45) is 0 Å². The minimum atomic E-state index is -0.0914. The van der Waals surface area contributed by atoms with Gasteiger partial charge in [0.05, 0.1) is 20.3 Å². The van der Waals surface area contributed by atoms with E-state index in [0.29, 0.717) is 13.1 Å². The molecule has 0 saturated carbocycles. The van der Waals surface area contributed by atoms with E-state index in [9.17, 15) is 9.59 Å². The van der Waals surface area contributed by atoms with Crippen LogP contribution in [0.25, 0.3) is 0 Å². The number of nitrogens with one attached hydrogen (secondary N) is 1. The van der Waals surface area contributed by atoms with Crippen LogP contribution in [0.1, 0.15) is 13.3 Å². The first-order chi connectivity index (χ1) is 12.1. The Hall–Kier alpha value is -2.12. The number of hydrogen-bond donors (Lipinski definition) is 1. The number of hydrogen-bond acceptors (Lipinski definition) is 5. The van der Waals surface area contributed by atoms with Gasteiger partial charge in [-0.2, -0.15) is 0 Å². The van der Waals surface area contributed by atoms with Crippen LogP contribution < -0.4 is 15.0 Å². The monoisotopic (exact) mass is 349 g/mol. The number of carbonyl (C=O) groups is 2. The summed E-state index contributed by atoms with van der Waals surface area (Å²) in [4.78, 5) is 27.8. The quantitative estimate of drug-likeness (QED) is 0.755. The highest BCUT2D eigenvalue weighted by Gasteiger charge is 2.14. The standard InChI is InChI=1S/C18H27N3O4/c1-15(22)21(16-3-5-17(24-2)6-4-16)9-7-18(23)19-8-10-20-11-13-25-14-12-20/h3-6H,7-14H2,1-2H3,(H,19,23). The second-order valence-corrected chi connectivity index (χ2v) is 5.92. The lowest BCUT2D eigenvalue weighted by Gasteiger charge is -2.26. The van der Waals surface area contributed by atoms with Gasteiger partial charge < -0.3 is 19.7 Å². The molecule has 1 aromatic rings. The summed E-state index contributed by atoms with van der Waals surface area (Å²) in [7, 11) is 1.60. The van der Waals surface area contributed by atoms with Crippen molar-refractivity contribution in [2.75, 3.05) is 57.9 Å². The summed E-state index contributed by atoms with van der Waals surface area (Å²) < 4.78 is 10.4. The third kappa shape index (κ3) is 6.36. The molecule has 7 nitrogen and oxygen atoms in total. The van der Waals surface area contributed by atoms with Crippen LogP contribution in [0.4, 0.5) is 5.69 Å². The topological polar surface area (TPSA) is 71.1 Å². The molecule has 1 N–H and O–H groups in total. The van der Waals surface area contributed by atoms with Gasteiger partial charge in [-0.25, -0.2) is 0 Å². The Balaban J connectivity index is 1.75. The van der Waals surface area contributed by atoms with Crippen LogP contribution in [0.2, 0.25) is 0 Å². The number of morpholine rings is 1. The van der Waals surface area contributed by atoms with Crippen LogP contribution in [0.3, 0.4) is 0 Å². The third-order valence-corrected chi connectivity index (χ3v) is 4.18. The lowest BCUT2D eigenvalue weighted by Crippen LogP contribution is -2.42. The van der Waals surface area contributed by atoms with Gasteiger partial charge in [0, 0.05) is 51.8 Å². The van der Waals surface area contributed by atoms with E-state index >= 15 is 0 Å². The average Bonchev–Trinajstić information content (AvgIpc) is 2.63. The van der Waals surface area contributed by atoms with E-state index in [4.69, 9.17) is 9.47 Å². The summed E-state index contributed by atoms with van der Waals surface area (Å²) in [6.07, 6.45) is 0.273. The summed E-state index contributed by atoms with van der Waals surface area (Å²) in [5.41, 5.74) is 0.759. The smallest absolute Gasteiger partial charge is 0.223 e. The van der Waals surface area contributed by atoms with Crippen LogP contribution in [0, 0.1) is 0 Å². The Morgan fingerprint density at radius 1 is 1.24 bits per heavy atom. The fourth-order valence-electron chi connectivity index (χ4n) is 2.71. The zero-order valence-electron chi connectivity index (χ0n) is 15.0. The van der Waals surface area contributed by atoms with Crippen molar-refractivity contribution >= 4 is 17.5 Å². The van der Waals surface area contributed by atoms with Crippen LogP contribution in [0.5, 0.6) is 5.75 Å². The molecule has 0 aromatic heterocycles. The Morgan fingerprint density at radius 3 is 2.52 bits per heavy atom. The number of amides is 2. The maximum Gasteiger partial charge on any atom is 0.223 e. The molecule has 25 heavy (non-hydrogen) atoms. The first-order valence-electron chi connectivity index (χ1n) is 8.59. The molecule has 0 atom stereocenters. The van der Waals surface area contributed by atoms with Gasteiger partial charge in [0.15, 0.2) is 0 Å². The Bertz CT molecular complexity index is 556. The van der Waals surface area contributed by atoms with Gasteiger partial charge in [-0.3, -0.25) is 14.5 Å². The van der Waals surface area contributed by atoms with Crippen molar-refractivity contribution in [3.05, 3.63) is 24.3 Å². The molecule has 0 radical (unpaired) electrons. The van der Waals surface area contributed by atoms with E-state index in [1.165, 1.54) is 6.92 Å². The molecule has 0 bridgehead atoms. The molecule has 1 heterocycles. The Labute approximate surface area is 148 Å². The van der Waals surface area contributed by atoms with E-state index in [1.54, 1.807) is 24.1 Å². The maximum absolute atomic E-state index is 12.0. The average molecular weight is 349 g/mol. The van der Waals surface area contributed by atoms with Gasteiger partial charge in [0.25, 0.3) is 0 Å². The van der Waals surface area contributed by atoms with Gasteiger partial charge >= 0.3 is 0 Å². The molecular weight excluding hydrogens is 322 g/mol. The van der Waals surface area contributed by atoms with Crippen LogP contribution in [-0.4, -0.2) is 69.8 Å². The minimum Gasteiger partial charge on any atom is -0.497 e. The van der Waals surface area contributed by atoms with Crippen LogP contribution >= 0.6 is 0 Å². The van der Waals surface area contributed by atoms with Gasteiger partial charge in [0.2, 0.25) is 11.8 Å².